The van der Waals surface area contributed by atoms with Crippen molar-refractivity contribution < 1.29 is 46.6 Å². The predicted molar refractivity (Wildman–Crippen MR) is 231 cm³/mol. The Balaban J connectivity index is 0.000000833. The van der Waals surface area contributed by atoms with Crippen LogP contribution in [0.25, 0.3) is 22.2 Å². The highest BCUT2D eigenvalue weighted by molar-refractivity contribution is 6.05. The molecule has 20 heteroatoms. The summed E-state index contributed by atoms with van der Waals surface area (Å²) in [4.78, 5) is 74.5. The Labute approximate surface area is 373 Å². The van der Waals surface area contributed by atoms with Gasteiger partial charge in [0.2, 0.25) is 17.8 Å². The maximum Gasteiger partial charge on any atom is 0.490 e. The average Bonchev–Trinajstić information content (AvgIpc) is 3.95. The molecular formula is C45H54F4N10O6. The molecule has 0 spiro atoms. The van der Waals surface area contributed by atoms with Crippen LogP contribution in [0.4, 0.5) is 28.3 Å². The number of nitrogens with zero attached hydrogens (tertiary/aromatic N) is 7. The smallest absolute Gasteiger partial charge is 0.475 e. The van der Waals surface area contributed by atoms with E-state index in [-0.39, 0.29) is 54.0 Å². The van der Waals surface area contributed by atoms with E-state index in [0.29, 0.717) is 54.3 Å². The fourth-order valence-electron chi connectivity index (χ4n) is 9.27. The molecule has 0 radical (unpaired) electrons. The zero-order chi connectivity index (χ0) is 46.6. The van der Waals surface area contributed by atoms with Crippen LogP contribution >= 0.6 is 0 Å². The number of fused-ring (bicyclic) bond motifs is 2. The maximum atomic E-state index is 15.1. The van der Waals surface area contributed by atoms with Gasteiger partial charge in [-0.2, -0.15) is 18.3 Å². The first-order valence-electron chi connectivity index (χ1n) is 22.1. The molecule has 65 heavy (non-hydrogen) atoms. The second kappa shape index (κ2) is 19.9. The van der Waals surface area contributed by atoms with E-state index in [4.69, 9.17) is 14.9 Å². The highest BCUT2D eigenvalue weighted by atomic mass is 19.4. The van der Waals surface area contributed by atoms with Crippen LogP contribution in [0.15, 0.2) is 42.6 Å². The zero-order valence-corrected chi connectivity index (χ0v) is 36.6. The number of rotatable bonds is 12. The molecule has 3 atom stereocenters. The number of carbonyl (C=O) groups is 5. The number of benzene rings is 2. The highest BCUT2D eigenvalue weighted by Gasteiger charge is 2.40. The minimum Gasteiger partial charge on any atom is -0.475 e. The first-order valence-corrected chi connectivity index (χ1v) is 22.1. The van der Waals surface area contributed by atoms with Gasteiger partial charge in [0, 0.05) is 86.7 Å². The van der Waals surface area contributed by atoms with Gasteiger partial charge in [-0.05, 0) is 92.8 Å². The highest BCUT2D eigenvalue weighted by Crippen LogP contribution is 2.33. The lowest BCUT2D eigenvalue weighted by molar-refractivity contribution is -0.192. The molecule has 4 N–H and O–H groups in total. The molecule has 4 aromatic rings. The maximum absolute atomic E-state index is 15.1. The molecule has 1 unspecified atom stereocenters. The van der Waals surface area contributed by atoms with Crippen LogP contribution < -0.4 is 16.0 Å². The van der Waals surface area contributed by atoms with Gasteiger partial charge in [-0.15, -0.1) is 0 Å². The summed E-state index contributed by atoms with van der Waals surface area (Å²) >= 11 is 0. The van der Waals surface area contributed by atoms with Crippen molar-refractivity contribution in [2.75, 3.05) is 38.0 Å². The molecule has 2 saturated heterocycles. The van der Waals surface area contributed by atoms with E-state index in [9.17, 15) is 32.3 Å². The van der Waals surface area contributed by atoms with Crippen molar-refractivity contribution in [2.24, 2.45) is 7.05 Å². The summed E-state index contributed by atoms with van der Waals surface area (Å²) in [7, 11) is 1.84. The molecule has 8 rings (SSSR count). The molecule has 5 heterocycles. The number of aliphatic carboxylic acids is 1. The molecule has 2 aromatic carbocycles. The largest absolute Gasteiger partial charge is 0.490 e. The van der Waals surface area contributed by atoms with E-state index in [1.54, 1.807) is 21.8 Å². The SMILES string of the molecule is CC(C)c1c2cc(-c3ccnc(N[C@H]4CC[C@H](NC(=O)N5CCN(CCCCCc6cccc7c6CN(C6CCC(=O)NC6=O)C7=O)CC5)C4)n3)cc(F)c2nn1C.O=C(O)C(F)(F)F. The molecule has 4 aliphatic rings. The third kappa shape index (κ3) is 11.0. The summed E-state index contributed by atoms with van der Waals surface area (Å²) in [6.07, 6.45) is 3.72. The van der Waals surface area contributed by atoms with Crippen molar-refractivity contribution in [3.05, 3.63) is 70.8 Å². The first kappa shape index (κ1) is 46.8. The quantitative estimate of drug-likeness (QED) is 0.0767. The Morgan fingerprint density at radius 2 is 1.72 bits per heavy atom. The lowest BCUT2D eigenvalue weighted by atomic mass is 9.98. The summed E-state index contributed by atoms with van der Waals surface area (Å²) in [5.74, 6) is -3.26. The van der Waals surface area contributed by atoms with Gasteiger partial charge in [0.05, 0.1) is 5.69 Å². The lowest BCUT2D eigenvalue weighted by Crippen LogP contribution is -2.53. The number of anilines is 1. The van der Waals surface area contributed by atoms with Gasteiger partial charge in [0.15, 0.2) is 5.82 Å². The van der Waals surface area contributed by atoms with Crippen LogP contribution in [0.5, 0.6) is 0 Å². The topological polar surface area (TPSA) is 195 Å². The monoisotopic (exact) mass is 906 g/mol. The van der Waals surface area contributed by atoms with E-state index in [0.717, 1.165) is 86.8 Å². The fraction of sp³-hybridized carbons (Fsp3) is 0.511. The molecule has 3 aliphatic heterocycles. The molecule has 0 bridgehead atoms. The number of nitrogens with one attached hydrogen (secondary N) is 3. The third-order valence-electron chi connectivity index (χ3n) is 12.5. The number of hydrogen-bond donors (Lipinski definition) is 4. The van der Waals surface area contributed by atoms with E-state index >= 15 is 4.39 Å². The number of imide groups is 1. The van der Waals surface area contributed by atoms with Crippen LogP contribution in [-0.4, -0.2) is 126 Å². The van der Waals surface area contributed by atoms with Crippen molar-refractivity contribution in [1.29, 1.82) is 0 Å². The number of piperidine rings is 1. The van der Waals surface area contributed by atoms with Crippen molar-refractivity contribution >= 4 is 46.6 Å². The Bertz CT molecular complexity index is 2440. The summed E-state index contributed by atoms with van der Waals surface area (Å²) in [6, 6.07) is 10.6. The van der Waals surface area contributed by atoms with E-state index < -0.39 is 18.2 Å². The molecule has 16 nitrogen and oxygen atoms in total. The number of carbonyl (C=O) groups excluding carboxylic acids is 4. The molecule has 2 aromatic heterocycles. The van der Waals surface area contributed by atoms with Crippen molar-refractivity contribution in [2.45, 2.75) is 108 Å². The number of carboxylic acids is 1. The van der Waals surface area contributed by atoms with Crippen LogP contribution in [0.1, 0.15) is 98.3 Å². The second-order valence-corrected chi connectivity index (χ2v) is 17.4. The summed E-state index contributed by atoms with van der Waals surface area (Å²) in [5, 5.41) is 21.4. The Kier molecular flexibility index (Phi) is 14.3. The van der Waals surface area contributed by atoms with Crippen molar-refractivity contribution in [1.82, 2.24) is 45.1 Å². The third-order valence-corrected chi connectivity index (χ3v) is 12.5. The summed E-state index contributed by atoms with van der Waals surface area (Å²) < 4.78 is 48.6. The second-order valence-electron chi connectivity index (χ2n) is 17.4. The number of aromatic nitrogens is 4. The van der Waals surface area contributed by atoms with Crippen LogP contribution in [0, 0.1) is 5.82 Å². The van der Waals surface area contributed by atoms with E-state index in [1.807, 2.05) is 30.1 Å². The Morgan fingerprint density at radius 3 is 2.43 bits per heavy atom. The van der Waals surface area contributed by atoms with Gasteiger partial charge in [-0.3, -0.25) is 29.3 Å². The molecule has 3 fully saturated rings. The number of aryl methyl sites for hydroxylation is 2. The molecular weight excluding hydrogens is 853 g/mol. The van der Waals surface area contributed by atoms with Crippen LogP contribution in [-0.2, 0) is 34.4 Å². The van der Waals surface area contributed by atoms with Gasteiger partial charge < -0.3 is 25.5 Å². The Morgan fingerprint density at radius 1 is 0.985 bits per heavy atom. The predicted octanol–water partition coefficient (Wildman–Crippen LogP) is 5.76. The number of carboxylic acid groups (broad SMARTS) is 1. The van der Waals surface area contributed by atoms with Gasteiger partial charge in [-0.1, -0.05) is 32.4 Å². The van der Waals surface area contributed by atoms with Crippen LogP contribution in [0.3, 0.4) is 0 Å². The van der Waals surface area contributed by atoms with E-state index in [1.165, 1.54) is 6.07 Å². The first-order chi connectivity index (χ1) is 31.0. The van der Waals surface area contributed by atoms with Gasteiger partial charge in [0.1, 0.15) is 11.6 Å². The lowest BCUT2D eigenvalue weighted by Gasteiger charge is -2.35. The number of halogens is 4. The van der Waals surface area contributed by atoms with Gasteiger partial charge in [-0.25, -0.2) is 23.9 Å². The average molecular weight is 907 g/mol. The number of unbranched alkanes of at least 4 members (excludes halogenated alkanes) is 2. The minimum atomic E-state index is -5.08. The number of piperazine rings is 1. The van der Waals surface area contributed by atoms with Crippen molar-refractivity contribution in [3.8, 4) is 11.3 Å². The fourth-order valence-corrected chi connectivity index (χ4v) is 9.27. The van der Waals surface area contributed by atoms with Crippen molar-refractivity contribution in [3.63, 3.8) is 0 Å². The number of amides is 5. The number of hydrogen-bond acceptors (Lipinski definition) is 10. The summed E-state index contributed by atoms with van der Waals surface area (Å²) in [5.41, 5.74) is 5.47. The zero-order valence-electron chi connectivity index (χ0n) is 36.6. The Hall–Kier alpha value is -6.18. The summed E-state index contributed by atoms with van der Waals surface area (Å²) in [6.45, 7) is 8.61. The van der Waals surface area contributed by atoms with E-state index in [2.05, 4.69) is 50.8 Å². The molecule has 1 aliphatic carbocycles. The van der Waals surface area contributed by atoms with Gasteiger partial charge in [0.25, 0.3) is 5.91 Å². The number of alkyl halides is 3. The van der Waals surface area contributed by atoms with Crippen LogP contribution in [0.2, 0.25) is 0 Å². The molecule has 348 valence electrons. The molecule has 5 amide bonds. The number of urea groups is 1. The molecule has 1 saturated carbocycles. The minimum absolute atomic E-state index is 0.0119. The standard InChI is InChI=1S/C43H53FN10O4.C2HF3O2/c1-26(2)39-32-22-28(23-34(44)38(32)50-51(39)3)35-15-16-45-42(48-35)46-29-11-12-30(24-29)47-43(58)53-20-18-52(19-21-53)17-6-4-5-8-27-9-7-10-31-33(27)25-54(41(31)57)36-13-14-37(55)49-40(36)56;3-2(4,5)1(6)7/h7,9-10,15-16,22-23,26,29-30,36H,4-6,8,11-14,17-21,24-25H2,1-3H3,(H,47,58)(H,45,46,48)(H,49,55,56);(H,6,7)/t29-,30-,36?;/m0./s1. The normalized spacial score (nSPS) is 20.2. The van der Waals surface area contributed by atoms with Gasteiger partial charge >= 0.3 is 18.2 Å².